The molecule has 0 atom stereocenters. The van der Waals surface area contributed by atoms with E-state index < -0.39 is 26.7 Å². The number of nitro groups is 1. The number of carbonyl (C=O) groups excluding carboxylic acids is 1. The number of hydrogen-bond acceptors (Lipinski definition) is 6. The van der Waals surface area contributed by atoms with Crippen LogP contribution in [0.15, 0.2) is 33.6 Å². The summed E-state index contributed by atoms with van der Waals surface area (Å²) in [5, 5.41) is 23.7. The van der Waals surface area contributed by atoms with E-state index in [0.717, 1.165) is 0 Å². The number of nitrogens with zero attached hydrogens (tertiary/aromatic N) is 2. The van der Waals surface area contributed by atoms with E-state index in [4.69, 9.17) is 5.14 Å². The molecule has 0 fully saturated rings. The molecule has 1 heterocycles. The number of aromatic amines is 1. The standard InChI is InChI=1S/C10H8BrN5O5S/c11-7-8(14-15-9(7)16(18)19)10(17)13-5-1-3-6(4-2-5)22(12,20)21/h1-4H,(H,13,17)(H,14,15)(H2,12,20,21). The lowest BCUT2D eigenvalue weighted by Crippen LogP contribution is -2.14. The molecule has 12 heteroatoms. The Morgan fingerprint density at radius 1 is 1.36 bits per heavy atom. The van der Waals surface area contributed by atoms with E-state index in [1.54, 1.807) is 0 Å². The second kappa shape index (κ2) is 5.82. The van der Waals surface area contributed by atoms with Gasteiger partial charge in [0.2, 0.25) is 10.0 Å². The van der Waals surface area contributed by atoms with Crippen LogP contribution in [0.1, 0.15) is 10.5 Å². The maximum absolute atomic E-state index is 12.0. The van der Waals surface area contributed by atoms with Gasteiger partial charge in [-0.05, 0) is 45.1 Å². The van der Waals surface area contributed by atoms with Gasteiger partial charge in [0.15, 0.2) is 5.69 Å². The number of primary sulfonamides is 1. The first kappa shape index (κ1) is 16.1. The summed E-state index contributed by atoms with van der Waals surface area (Å²) in [6.07, 6.45) is 0. The van der Waals surface area contributed by atoms with Gasteiger partial charge in [-0.2, -0.15) is 0 Å². The van der Waals surface area contributed by atoms with Crippen molar-refractivity contribution in [2.24, 2.45) is 5.14 Å². The van der Waals surface area contributed by atoms with Crippen LogP contribution in [0.5, 0.6) is 0 Å². The summed E-state index contributed by atoms with van der Waals surface area (Å²) in [5.41, 5.74) is 0.0668. The highest BCUT2D eigenvalue weighted by molar-refractivity contribution is 9.10. The Labute approximate surface area is 132 Å². The largest absolute Gasteiger partial charge is 0.358 e. The van der Waals surface area contributed by atoms with Gasteiger partial charge >= 0.3 is 5.82 Å². The fourth-order valence-corrected chi connectivity index (χ4v) is 2.53. The Bertz CT molecular complexity index is 845. The van der Waals surface area contributed by atoms with Gasteiger partial charge in [0.05, 0.1) is 4.90 Å². The van der Waals surface area contributed by atoms with Crippen LogP contribution in [-0.4, -0.2) is 29.4 Å². The zero-order valence-electron chi connectivity index (χ0n) is 10.6. The molecule has 4 N–H and O–H groups in total. The number of carbonyl (C=O) groups is 1. The fraction of sp³-hybridized carbons (Fsp3) is 0. The number of nitrogens with one attached hydrogen (secondary N) is 2. The van der Waals surface area contributed by atoms with Gasteiger partial charge < -0.3 is 15.4 Å². The molecule has 2 rings (SSSR count). The first-order valence-corrected chi connectivity index (χ1v) is 7.86. The number of benzene rings is 1. The zero-order valence-corrected chi connectivity index (χ0v) is 13.0. The van der Waals surface area contributed by atoms with Crippen LogP contribution in [0, 0.1) is 10.1 Å². The summed E-state index contributed by atoms with van der Waals surface area (Å²) >= 11 is 2.91. The van der Waals surface area contributed by atoms with Crippen LogP contribution in [0.4, 0.5) is 11.5 Å². The molecule has 1 aromatic heterocycles. The van der Waals surface area contributed by atoms with Crippen molar-refractivity contribution in [3.05, 3.63) is 44.5 Å². The van der Waals surface area contributed by atoms with E-state index in [2.05, 4.69) is 31.4 Å². The van der Waals surface area contributed by atoms with E-state index in [1.807, 2.05) is 0 Å². The Hall–Kier alpha value is -2.31. The fourth-order valence-electron chi connectivity index (χ4n) is 1.51. The monoisotopic (exact) mass is 389 g/mol. The lowest BCUT2D eigenvalue weighted by atomic mass is 10.3. The normalized spacial score (nSPS) is 11.2. The topological polar surface area (TPSA) is 161 Å². The molecule has 1 aromatic carbocycles. The third-order valence-electron chi connectivity index (χ3n) is 2.53. The minimum absolute atomic E-state index is 0.0869. The average molecular weight is 390 g/mol. The van der Waals surface area contributed by atoms with Gasteiger partial charge in [0.1, 0.15) is 4.47 Å². The van der Waals surface area contributed by atoms with Crippen LogP contribution in [-0.2, 0) is 10.0 Å². The highest BCUT2D eigenvalue weighted by atomic mass is 79.9. The molecule has 0 bridgehead atoms. The molecule has 0 aliphatic heterocycles. The minimum atomic E-state index is -3.83. The molecular formula is C10H8BrN5O5S. The number of halogens is 1. The molecule has 0 saturated carbocycles. The molecule has 1 amide bonds. The van der Waals surface area contributed by atoms with Crippen LogP contribution in [0.25, 0.3) is 0 Å². The molecule has 0 aliphatic carbocycles. The highest BCUT2D eigenvalue weighted by Crippen LogP contribution is 2.26. The quantitative estimate of drug-likeness (QED) is 0.521. The Morgan fingerprint density at radius 3 is 2.41 bits per heavy atom. The zero-order chi connectivity index (χ0) is 16.5. The predicted molar refractivity (Wildman–Crippen MR) is 78.7 cm³/mol. The summed E-state index contributed by atoms with van der Waals surface area (Å²) in [7, 11) is -3.83. The molecule has 0 radical (unpaired) electrons. The molecule has 22 heavy (non-hydrogen) atoms. The molecule has 10 nitrogen and oxygen atoms in total. The third-order valence-corrected chi connectivity index (χ3v) is 4.21. The second-order valence-electron chi connectivity index (χ2n) is 4.02. The molecule has 0 unspecified atom stereocenters. The Kier molecular flexibility index (Phi) is 4.25. The lowest BCUT2D eigenvalue weighted by Gasteiger charge is -2.04. The number of sulfonamides is 1. The van der Waals surface area contributed by atoms with Gasteiger partial charge in [0.25, 0.3) is 5.91 Å². The smallest absolute Gasteiger partial charge is 0.357 e. The molecule has 2 aromatic rings. The number of H-pyrrole nitrogens is 1. The van der Waals surface area contributed by atoms with E-state index in [0.29, 0.717) is 0 Å². The SMILES string of the molecule is NS(=O)(=O)c1ccc(NC(=O)c2n[nH]c([N+](=O)[O-])c2Br)cc1. The molecular weight excluding hydrogens is 382 g/mol. The van der Waals surface area contributed by atoms with Crippen molar-refractivity contribution in [2.45, 2.75) is 4.90 Å². The van der Waals surface area contributed by atoms with Crippen molar-refractivity contribution in [2.75, 3.05) is 5.32 Å². The van der Waals surface area contributed by atoms with Gasteiger partial charge in [-0.25, -0.2) is 13.6 Å². The highest BCUT2D eigenvalue weighted by Gasteiger charge is 2.24. The maximum Gasteiger partial charge on any atom is 0.357 e. The van der Waals surface area contributed by atoms with E-state index in [9.17, 15) is 23.3 Å². The number of anilines is 1. The third kappa shape index (κ3) is 3.29. The number of hydrogen-bond donors (Lipinski definition) is 3. The average Bonchev–Trinajstić information content (AvgIpc) is 2.80. The predicted octanol–water partition coefficient (Wildman–Crippen LogP) is 0.980. The summed E-state index contributed by atoms with van der Waals surface area (Å²) in [5.74, 6) is -1.16. The number of aromatic nitrogens is 2. The lowest BCUT2D eigenvalue weighted by molar-refractivity contribution is -0.390. The summed E-state index contributed by atoms with van der Waals surface area (Å²) in [6, 6.07) is 5.08. The van der Waals surface area contributed by atoms with Gasteiger partial charge in [0, 0.05) is 5.69 Å². The van der Waals surface area contributed by atoms with Crippen LogP contribution in [0.3, 0.4) is 0 Å². The van der Waals surface area contributed by atoms with Crippen molar-refractivity contribution in [3.63, 3.8) is 0 Å². The second-order valence-corrected chi connectivity index (χ2v) is 6.37. The number of nitrogens with two attached hydrogens (primary N) is 1. The van der Waals surface area contributed by atoms with E-state index in [1.165, 1.54) is 24.3 Å². The first-order chi connectivity index (χ1) is 10.2. The van der Waals surface area contributed by atoms with Gasteiger partial charge in [-0.15, -0.1) is 5.10 Å². The van der Waals surface area contributed by atoms with Crippen molar-refractivity contribution in [1.29, 1.82) is 0 Å². The van der Waals surface area contributed by atoms with Crippen molar-refractivity contribution >= 4 is 43.4 Å². The molecule has 0 saturated heterocycles. The van der Waals surface area contributed by atoms with Gasteiger partial charge in [-0.3, -0.25) is 4.79 Å². The van der Waals surface area contributed by atoms with E-state index in [-0.39, 0.29) is 20.7 Å². The molecule has 0 spiro atoms. The summed E-state index contributed by atoms with van der Waals surface area (Å²) < 4.78 is 22.1. The number of rotatable bonds is 4. The minimum Gasteiger partial charge on any atom is -0.358 e. The van der Waals surface area contributed by atoms with Crippen LogP contribution < -0.4 is 10.5 Å². The number of amides is 1. The van der Waals surface area contributed by atoms with Crippen molar-refractivity contribution < 1.29 is 18.1 Å². The first-order valence-electron chi connectivity index (χ1n) is 5.52. The molecule has 116 valence electrons. The molecule has 0 aliphatic rings. The van der Waals surface area contributed by atoms with E-state index >= 15 is 0 Å². The Morgan fingerprint density at radius 2 is 1.95 bits per heavy atom. The van der Waals surface area contributed by atoms with Crippen LogP contribution in [0.2, 0.25) is 0 Å². The summed E-state index contributed by atoms with van der Waals surface area (Å²) in [4.78, 5) is 21.8. The Balaban J connectivity index is 2.21. The van der Waals surface area contributed by atoms with Crippen LogP contribution >= 0.6 is 15.9 Å². The summed E-state index contributed by atoms with van der Waals surface area (Å²) in [6.45, 7) is 0. The van der Waals surface area contributed by atoms with Gasteiger partial charge in [-0.1, -0.05) is 5.10 Å². The maximum atomic E-state index is 12.0. The van der Waals surface area contributed by atoms with Crippen molar-refractivity contribution in [1.82, 2.24) is 10.2 Å². The van der Waals surface area contributed by atoms with Crippen molar-refractivity contribution in [3.8, 4) is 0 Å².